The lowest BCUT2D eigenvalue weighted by Crippen LogP contribution is -2.37. The topological polar surface area (TPSA) is 60.0 Å². The van der Waals surface area contributed by atoms with E-state index in [2.05, 4.69) is 31.1 Å². The lowest BCUT2D eigenvalue weighted by molar-refractivity contribution is 0.0943. The van der Waals surface area contributed by atoms with Gasteiger partial charge in [0.1, 0.15) is 0 Å². The van der Waals surface area contributed by atoms with Gasteiger partial charge in [-0.25, -0.2) is 0 Å². The van der Waals surface area contributed by atoms with Gasteiger partial charge in [0.25, 0.3) is 5.91 Å². The van der Waals surface area contributed by atoms with Crippen LogP contribution in [0, 0.1) is 0 Å². The number of carbonyl (C=O) groups is 1. The summed E-state index contributed by atoms with van der Waals surface area (Å²) >= 11 is 0. The molecular weight excluding hydrogens is 296 g/mol. The standard InChI is InChI=1S/C17H28N2O4/c1-7-12(2)19(3)11-10-18-17(20)13-8-9-14(21-4)16(23-6)15(13)22-5/h8-9,12H,7,10-11H2,1-6H3,(H,18,20)/t12-/m0/s1. The molecule has 0 aromatic heterocycles. The molecule has 6 heteroatoms. The van der Waals surface area contributed by atoms with Crippen molar-refractivity contribution in [1.82, 2.24) is 10.2 Å². The summed E-state index contributed by atoms with van der Waals surface area (Å²) in [6.45, 7) is 5.67. The van der Waals surface area contributed by atoms with Crippen molar-refractivity contribution < 1.29 is 19.0 Å². The van der Waals surface area contributed by atoms with Gasteiger partial charge in [0, 0.05) is 19.1 Å². The van der Waals surface area contributed by atoms with E-state index in [1.54, 1.807) is 19.2 Å². The minimum Gasteiger partial charge on any atom is -0.493 e. The molecule has 1 atom stereocenters. The molecule has 1 aromatic rings. The Bertz CT molecular complexity index is 520. The van der Waals surface area contributed by atoms with Crippen molar-refractivity contribution in [3.63, 3.8) is 0 Å². The molecule has 130 valence electrons. The zero-order chi connectivity index (χ0) is 17.4. The van der Waals surface area contributed by atoms with E-state index in [4.69, 9.17) is 14.2 Å². The number of benzene rings is 1. The highest BCUT2D eigenvalue weighted by atomic mass is 16.5. The molecule has 0 spiro atoms. The van der Waals surface area contributed by atoms with Crippen molar-refractivity contribution in [2.75, 3.05) is 41.5 Å². The van der Waals surface area contributed by atoms with Crippen molar-refractivity contribution in [3.05, 3.63) is 17.7 Å². The maximum atomic E-state index is 12.4. The van der Waals surface area contributed by atoms with Crippen LogP contribution in [0.15, 0.2) is 12.1 Å². The molecule has 0 radical (unpaired) electrons. The third-order valence-corrected chi connectivity index (χ3v) is 4.04. The van der Waals surface area contributed by atoms with Crippen LogP contribution in [-0.4, -0.2) is 58.3 Å². The highest BCUT2D eigenvalue weighted by Crippen LogP contribution is 2.39. The predicted molar refractivity (Wildman–Crippen MR) is 90.8 cm³/mol. The summed E-state index contributed by atoms with van der Waals surface area (Å²) in [5, 5.41) is 2.92. The number of methoxy groups -OCH3 is 3. The number of carbonyl (C=O) groups excluding carboxylic acids is 1. The molecule has 0 bridgehead atoms. The van der Waals surface area contributed by atoms with Gasteiger partial charge in [0.15, 0.2) is 11.5 Å². The SMILES string of the molecule is CC[C@H](C)N(C)CCNC(=O)c1ccc(OC)c(OC)c1OC. The Kier molecular flexibility index (Phi) is 7.68. The van der Waals surface area contributed by atoms with Crippen LogP contribution in [0.1, 0.15) is 30.6 Å². The van der Waals surface area contributed by atoms with Crippen LogP contribution < -0.4 is 19.5 Å². The second kappa shape index (κ2) is 9.25. The molecule has 0 aliphatic heterocycles. The summed E-state index contributed by atoms with van der Waals surface area (Å²) in [5.74, 6) is 1.12. The van der Waals surface area contributed by atoms with Gasteiger partial charge in [0.05, 0.1) is 26.9 Å². The van der Waals surface area contributed by atoms with Crippen LogP contribution >= 0.6 is 0 Å². The highest BCUT2D eigenvalue weighted by molar-refractivity contribution is 5.98. The molecule has 1 amide bonds. The summed E-state index contributed by atoms with van der Waals surface area (Å²) in [7, 11) is 6.62. The number of amides is 1. The van der Waals surface area contributed by atoms with E-state index in [-0.39, 0.29) is 5.91 Å². The van der Waals surface area contributed by atoms with Gasteiger partial charge in [-0.1, -0.05) is 6.92 Å². The smallest absolute Gasteiger partial charge is 0.255 e. The fourth-order valence-electron chi connectivity index (χ4n) is 2.25. The zero-order valence-corrected chi connectivity index (χ0v) is 14.9. The van der Waals surface area contributed by atoms with Crippen LogP contribution in [0.4, 0.5) is 0 Å². The van der Waals surface area contributed by atoms with E-state index >= 15 is 0 Å². The first kappa shape index (κ1) is 19.1. The molecule has 1 aromatic carbocycles. The van der Waals surface area contributed by atoms with E-state index in [0.717, 1.165) is 13.0 Å². The van der Waals surface area contributed by atoms with Crippen molar-refractivity contribution in [2.24, 2.45) is 0 Å². The van der Waals surface area contributed by atoms with Crippen molar-refractivity contribution >= 4 is 5.91 Å². The third-order valence-electron chi connectivity index (χ3n) is 4.04. The van der Waals surface area contributed by atoms with Gasteiger partial charge in [-0.2, -0.15) is 0 Å². The minimum atomic E-state index is -0.194. The number of rotatable bonds is 9. The monoisotopic (exact) mass is 324 g/mol. The van der Waals surface area contributed by atoms with E-state index in [1.165, 1.54) is 14.2 Å². The molecule has 0 saturated carbocycles. The molecule has 0 fully saturated rings. The Morgan fingerprint density at radius 1 is 1.17 bits per heavy atom. The average molecular weight is 324 g/mol. The molecule has 1 N–H and O–H groups in total. The zero-order valence-electron chi connectivity index (χ0n) is 14.9. The number of likely N-dealkylation sites (N-methyl/N-ethyl adjacent to an activating group) is 1. The quantitative estimate of drug-likeness (QED) is 0.754. The molecule has 23 heavy (non-hydrogen) atoms. The summed E-state index contributed by atoms with van der Waals surface area (Å²) in [6, 6.07) is 3.86. The van der Waals surface area contributed by atoms with Crippen molar-refractivity contribution in [2.45, 2.75) is 26.3 Å². The van der Waals surface area contributed by atoms with E-state index in [9.17, 15) is 4.79 Å². The van der Waals surface area contributed by atoms with Gasteiger partial charge in [-0.05, 0) is 32.5 Å². The Labute approximate surface area is 138 Å². The molecule has 6 nitrogen and oxygen atoms in total. The Morgan fingerprint density at radius 3 is 2.35 bits per heavy atom. The summed E-state index contributed by atoms with van der Waals surface area (Å²) in [6.07, 6.45) is 1.08. The normalized spacial score (nSPS) is 12.0. The molecule has 0 aliphatic carbocycles. The maximum absolute atomic E-state index is 12.4. The van der Waals surface area contributed by atoms with Gasteiger partial charge in [-0.15, -0.1) is 0 Å². The third kappa shape index (κ3) is 4.76. The summed E-state index contributed by atoms with van der Waals surface area (Å²) in [5.41, 5.74) is 0.427. The Morgan fingerprint density at radius 2 is 1.83 bits per heavy atom. The molecule has 0 saturated heterocycles. The molecule has 1 rings (SSSR count). The first-order valence-corrected chi connectivity index (χ1v) is 7.77. The minimum absolute atomic E-state index is 0.194. The molecule has 0 unspecified atom stereocenters. The van der Waals surface area contributed by atoms with Crippen molar-refractivity contribution in [3.8, 4) is 17.2 Å². The number of ether oxygens (including phenoxy) is 3. The Balaban J connectivity index is 2.80. The van der Waals surface area contributed by atoms with E-state index < -0.39 is 0 Å². The fraction of sp³-hybridized carbons (Fsp3) is 0.588. The van der Waals surface area contributed by atoms with Gasteiger partial charge >= 0.3 is 0 Å². The largest absolute Gasteiger partial charge is 0.493 e. The number of nitrogens with one attached hydrogen (secondary N) is 1. The van der Waals surface area contributed by atoms with Crippen molar-refractivity contribution in [1.29, 1.82) is 0 Å². The summed E-state index contributed by atoms with van der Waals surface area (Å²) in [4.78, 5) is 14.6. The van der Waals surface area contributed by atoms with Crippen LogP contribution in [0.3, 0.4) is 0 Å². The average Bonchev–Trinajstić information content (AvgIpc) is 2.58. The Hall–Kier alpha value is -1.95. The second-order valence-corrected chi connectivity index (χ2v) is 5.38. The number of hydrogen-bond acceptors (Lipinski definition) is 5. The fourth-order valence-corrected chi connectivity index (χ4v) is 2.25. The lowest BCUT2D eigenvalue weighted by atomic mass is 10.1. The van der Waals surface area contributed by atoms with Crippen LogP contribution in [-0.2, 0) is 0 Å². The van der Waals surface area contributed by atoms with Gasteiger partial charge < -0.3 is 24.4 Å². The first-order valence-electron chi connectivity index (χ1n) is 7.77. The number of nitrogens with zero attached hydrogens (tertiary/aromatic N) is 1. The molecular formula is C17H28N2O4. The van der Waals surface area contributed by atoms with E-state index in [1.807, 2.05) is 0 Å². The number of hydrogen-bond donors (Lipinski definition) is 1. The van der Waals surface area contributed by atoms with Crippen LogP contribution in [0.25, 0.3) is 0 Å². The molecule has 0 heterocycles. The van der Waals surface area contributed by atoms with E-state index in [0.29, 0.717) is 35.4 Å². The predicted octanol–water partition coefficient (Wildman–Crippen LogP) is 2.17. The maximum Gasteiger partial charge on any atom is 0.255 e. The van der Waals surface area contributed by atoms with Crippen LogP contribution in [0.5, 0.6) is 17.2 Å². The van der Waals surface area contributed by atoms with Gasteiger partial charge in [-0.3, -0.25) is 4.79 Å². The van der Waals surface area contributed by atoms with Crippen LogP contribution in [0.2, 0.25) is 0 Å². The second-order valence-electron chi connectivity index (χ2n) is 5.38. The molecule has 0 aliphatic rings. The van der Waals surface area contributed by atoms with Gasteiger partial charge in [0.2, 0.25) is 5.75 Å². The summed E-state index contributed by atoms with van der Waals surface area (Å²) < 4.78 is 15.9. The highest BCUT2D eigenvalue weighted by Gasteiger charge is 2.20. The first-order chi connectivity index (χ1) is 11.0. The lowest BCUT2D eigenvalue weighted by Gasteiger charge is -2.23.